The fourth-order valence-corrected chi connectivity index (χ4v) is 13.3. The molecule has 0 N–H and O–H groups in total. The van der Waals surface area contributed by atoms with E-state index in [1.807, 2.05) is 0 Å². The van der Waals surface area contributed by atoms with Crippen molar-refractivity contribution in [3.05, 3.63) is 173 Å². The number of hydrogen-bond donors (Lipinski definition) is 0. The number of hydrogen-bond acceptors (Lipinski definition) is 4. The highest BCUT2D eigenvalue weighted by molar-refractivity contribution is 5.90. The van der Waals surface area contributed by atoms with E-state index < -0.39 is 5.41 Å². The molecule has 4 bridgehead atoms. The van der Waals surface area contributed by atoms with Gasteiger partial charge in [0.05, 0.1) is 5.41 Å². The van der Waals surface area contributed by atoms with E-state index in [4.69, 9.17) is 19.7 Å². The average molecular weight is 752 g/mol. The van der Waals surface area contributed by atoms with Gasteiger partial charge < -0.3 is 4.74 Å². The maximum atomic E-state index is 6.65. The van der Waals surface area contributed by atoms with Gasteiger partial charge in [-0.25, -0.2) is 15.0 Å². The van der Waals surface area contributed by atoms with E-state index in [0.717, 1.165) is 63.8 Å². The van der Waals surface area contributed by atoms with E-state index in [1.54, 1.807) is 0 Å². The Morgan fingerprint density at radius 1 is 0.500 bits per heavy atom. The van der Waals surface area contributed by atoms with Crippen LogP contribution in [0, 0.1) is 23.7 Å². The first-order chi connectivity index (χ1) is 28.3. The Kier molecular flexibility index (Phi) is 6.52. The summed E-state index contributed by atoms with van der Waals surface area (Å²) in [4.78, 5) is 16.7. The normalized spacial score (nSPS) is 25.3. The van der Waals surface area contributed by atoms with Crippen molar-refractivity contribution >= 4 is 0 Å². The molecule has 5 atom stereocenters. The molecule has 7 aromatic rings. The van der Waals surface area contributed by atoms with Gasteiger partial charge in [-0.05, 0) is 125 Å². The van der Waals surface area contributed by atoms with E-state index in [2.05, 4.69) is 154 Å². The molecule has 2 heterocycles. The SMILES string of the molecule is C[C@@H]1C2CC3C[C@@H]1CC(c1nc(-c4ccc5c(c4)C(C)(C)c4ccccc4-5)nc(-c4ccc5c(c4)C4(c6ccccc6Oc6ccccc64)c4ccccc4-5)n1)(C3)C2. The summed E-state index contributed by atoms with van der Waals surface area (Å²) in [6.45, 7) is 7.22. The second-order valence-electron chi connectivity index (χ2n) is 19.0. The number of aromatic nitrogens is 3. The first-order valence-electron chi connectivity index (χ1n) is 21.4. The van der Waals surface area contributed by atoms with Crippen molar-refractivity contribution in [3.8, 4) is 56.5 Å². The summed E-state index contributed by atoms with van der Waals surface area (Å²) >= 11 is 0. The van der Waals surface area contributed by atoms with Crippen LogP contribution in [-0.2, 0) is 16.2 Å². The molecule has 4 heteroatoms. The van der Waals surface area contributed by atoms with Gasteiger partial charge in [-0.1, -0.05) is 130 Å². The average Bonchev–Trinajstić information content (AvgIpc) is 3.67. The van der Waals surface area contributed by atoms with Gasteiger partial charge in [0.1, 0.15) is 17.3 Å². The highest BCUT2D eigenvalue weighted by atomic mass is 16.5. The summed E-state index contributed by atoms with van der Waals surface area (Å²) < 4.78 is 6.65. The minimum atomic E-state index is -0.553. The Morgan fingerprint density at radius 2 is 1.00 bits per heavy atom. The third-order valence-corrected chi connectivity index (χ3v) is 15.8. The summed E-state index contributed by atoms with van der Waals surface area (Å²) in [6.07, 6.45) is 6.30. The van der Waals surface area contributed by atoms with E-state index in [-0.39, 0.29) is 10.8 Å². The molecule has 0 saturated heterocycles. The van der Waals surface area contributed by atoms with E-state index >= 15 is 0 Å². The summed E-state index contributed by atoms with van der Waals surface area (Å²) in [5.74, 6) is 7.43. The zero-order chi connectivity index (χ0) is 38.5. The van der Waals surface area contributed by atoms with Crippen LogP contribution in [0.15, 0.2) is 133 Å². The number of ether oxygens (including phenoxy) is 1. The fraction of sp³-hybridized carbons (Fsp3) is 0.278. The van der Waals surface area contributed by atoms with Crippen molar-refractivity contribution in [2.75, 3.05) is 0 Å². The lowest BCUT2D eigenvalue weighted by molar-refractivity contribution is -0.0522. The van der Waals surface area contributed by atoms with Gasteiger partial charge in [0.2, 0.25) is 0 Å². The Morgan fingerprint density at radius 3 is 1.64 bits per heavy atom. The lowest BCUT2D eigenvalue weighted by Crippen LogP contribution is -2.53. The summed E-state index contributed by atoms with van der Waals surface area (Å²) in [7, 11) is 0. The summed E-state index contributed by atoms with van der Waals surface area (Å²) in [5, 5.41) is 0. The highest BCUT2D eigenvalue weighted by Crippen LogP contribution is 2.64. The molecule has 6 aromatic carbocycles. The highest BCUT2D eigenvalue weighted by Gasteiger charge is 2.56. The molecule has 282 valence electrons. The first-order valence-corrected chi connectivity index (χ1v) is 21.4. The Balaban J connectivity index is 1.04. The summed E-state index contributed by atoms with van der Waals surface area (Å²) in [5.41, 5.74) is 14.2. The molecule has 0 amide bonds. The van der Waals surface area contributed by atoms with Gasteiger partial charge in [-0.3, -0.25) is 0 Å². The zero-order valence-electron chi connectivity index (χ0n) is 33.3. The molecule has 4 nitrogen and oxygen atoms in total. The summed E-state index contributed by atoms with van der Waals surface area (Å²) in [6, 6.07) is 49.0. The third-order valence-electron chi connectivity index (χ3n) is 15.8. The van der Waals surface area contributed by atoms with Crippen molar-refractivity contribution in [2.45, 2.75) is 69.1 Å². The Bertz CT molecular complexity index is 2840. The molecule has 0 radical (unpaired) electrons. The van der Waals surface area contributed by atoms with Crippen molar-refractivity contribution in [1.29, 1.82) is 0 Å². The van der Waals surface area contributed by atoms with Crippen molar-refractivity contribution in [1.82, 2.24) is 15.0 Å². The van der Waals surface area contributed by atoms with E-state index in [9.17, 15) is 0 Å². The van der Waals surface area contributed by atoms with E-state index in [0.29, 0.717) is 0 Å². The Labute approximate surface area is 340 Å². The molecule has 6 aliphatic carbocycles. The van der Waals surface area contributed by atoms with Gasteiger partial charge in [0.25, 0.3) is 0 Å². The predicted molar refractivity (Wildman–Crippen MR) is 230 cm³/mol. The standard InChI is InChI=1S/C54H45N3O/c1-31-35-24-32-25-36(31)30-53(28-32,29-35)51-56-49(33-20-22-39-37-12-4-6-14-41(37)52(2,3)45(39)26-33)55-50(57-51)34-21-23-40-38-13-5-7-15-42(38)54(46(40)27-34)43-16-8-10-18-47(43)58-48-19-11-9-17-44(48)54/h4-23,26-27,31-32,35-36H,24-25,28-30H2,1-3H3/t31-,32?,35+,36?,53?/m0/s1. The van der Waals surface area contributed by atoms with Crippen LogP contribution in [0.2, 0.25) is 0 Å². The quantitative estimate of drug-likeness (QED) is 0.180. The second kappa shape index (κ2) is 11.4. The monoisotopic (exact) mass is 751 g/mol. The molecular weight excluding hydrogens is 707 g/mol. The number of benzene rings is 6. The molecule has 1 aromatic heterocycles. The van der Waals surface area contributed by atoms with Crippen molar-refractivity contribution < 1.29 is 4.74 Å². The minimum Gasteiger partial charge on any atom is -0.457 e. The molecule has 1 aliphatic heterocycles. The van der Waals surface area contributed by atoms with Gasteiger partial charge in [-0.2, -0.15) is 0 Å². The lowest BCUT2D eigenvalue weighted by atomic mass is 9.46. The third kappa shape index (κ3) is 4.23. The van der Waals surface area contributed by atoms with Gasteiger partial charge in [0, 0.05) is 33.1 Å². The van der Waals surface area contributed by atoms with Crippen molar-refractivity contribution in [2.24, 2.45) is 23.7 Å². The van der Waals surface area contributed by atoms with Crippen LogP contribution in [0.4, 0.5) is 0 Å². The number of nitrogens with zero attached hydrogens (tertiary/aromatic N) is 3. The predicted octanol–water partition coefficient (Wildman–Crippen LogP) is 12.7. The lowest BCUT2D eigenvalue weighted by Gasteiger charge is -2.59. The van der Waals surface area contributed by atoms with Gasteiger partial charge in [-0.15, -0.1) is 0 Å². The maximum Gasteiger partial charge on any atom is 0.163 e. The molecule has 3 unspecified atom stereocenters. The van der Waals surface area contributed by atoms with Gasteiger partial charge in [0.15, 0.2) is 11.6 Å². The first kappa shape index (κ1) is 33.1. The topological polar surface area (TPSA) is 47.9 Å². The number of para-hydroxylation sites is 2. The van der Waals surface area contributed by atoms with Crippen LogP contribution in [0.1, 0.15) is 92.1 Å². The smallest absolute Gasteiger partial charge is 0.163 e. The molecule has 14 rings (SSSR count). The number of fused-ring (bicyclic) bond motifs is 12. The minimum absolute atomic E-state index is 0.00550. The second-order valence-corrected chi connectivity index (χ2v) is 19.0. The molecule has 58 heavy (non-hydrogen) atoms. The zero-order valence-corrected chi connectivity index (χ0v) is 33.3. The van der Waals surface area contributed by atoms with Crippen LogP contribution in [0.25, 0.3) is 45.0 Å². The largest absolute Gasteiger partial charge is 0.457 e. The van der Waals surface area contributed by atoms with Crippen molar-refractivity contribution in [3.63, 3.8) is 0 Å². The molecule has 4 saturated carbocycles. The van der Waals surface area contributed by atoms with Crippen LogP contribution >= 0.6 is 0 Å². The van der Waals surface area contributed by atoms with Crippen LogP contribution < -0.4 is 4.74 Å². The fourth-order valence-electron chi connectivity index (χ4n) is 13.3. The Hall–Kier alpha value is -5.87. The van der Waals surface area contributed by atoms with Crippen LogP contribution in [-0.4, -0.2) is 15.0 Å². The molecular formula is C54H45N3O. The molecule has 4 fully saturated rings. The van der Waals surface area contributed by atoms with E-state index in [1.165, 1.54) is 87.7 Å². The molecule has 7 aliphatic rings. The van der Waals surface area contributed by atoms with Crippen LogP contribution in [0.5, 0.6) is 11.5 Å². The number of rotatable bonds is 3. The maximum absolute atomic E-state index is 6.65. The van der Waals surface area contributed by atoms with Gasteiger partial charge >= 0.3 is 0 Å². The van der Waals surface area contributed by atoms with Crippen LogP contribution in [0.3, 0.4) is 0 Å². The molecule has 1 spiro atoms.